The zero-order valence-corrected chi connectivity index (χ0v) is 19.0. The van der Waals surface area contributed by atoms with E-state index in [0.717, 1.165) is 0 Å². The van der Waals surface area contributed by atoms with E-state index in [4.69, 9.17) is 21.1 Å². The fraction of sp³-hybridized carbons (Fsp3) is 0.409. The lowest BCUT2D eigenvalue weighted by Crippen LogP contribution is -2.48. The Kier molecular flexibility index (Phi) is 6.12. The fourth-order valence-electron chi connectivity index (χ4n) is 3.80. The van der Waals surface area contributed by atoms with Crippen molar-refractivity contribution in [2.45, 2.75) is 46.0 Å². The lowest BCUT2D eigenvalue weighted by Gasteiger charge is -2.35. The number of morpholine rings is 1. The van der Waals surface area contributed by atoms with E-state index in [1.165, 1.54) is 6.20 Å². The van der Waals surface area contributed by atoms with Crippen molar-refractivity contribution in [3.8, 4) is 5.88 Å². The van der Waals surface area contributed by atoms with Crippen molar-refractivity contribution in [3.63, 3.8) is 0 Å². The summed E-state index contributed by atoms with van der Waals surface area (Å²) < 4.78 is 11.6. The predicted molar refractivity (Wildman–Crippen MR) is 119 cm³/mol. The van der Waals surface area contributed by atoms with Crippen LogP contribution in [0, 0.1) is 6.92 Å². The van der Waals surface area contributed by atoms with E-state index in [-0.39, 0.29) is 29.2 Å². The number of rotatable bonds is 4. The minimum Gasteiger partial charge on any atom is -0.468 e. The molecule has 32 heavy (non-hydrogen) atoms. The molecule has 3 aromatic heterocycles. The minimum atomic E-state index is -0.581. The van der Waals surface area contributed by atoms with Gasteiger partial charge >= 0.3 is 0 Å². The number of ether oxygens (including phenoxy) is 2. The third-order valence-corrected chi connectivity index (χ3v) is 5.46. The number of halogens is 1. The molecule has 1 N–H and O–H groups in total. The molecule has 0 bridgehead atoms. The lowest BCUT2D eigenvalue weighted by atomic mass is 10.2. The van der Waals surface area contributed by atoms with E-state index in [0.29, 0.717) is 46.6 Å². The Morgan fingerprint density at radius 1 is 1.28 bits per heavy atom. The van der Waals surface area contributed by atoms with Crippen molar-refractivity contribution >= 4 is 28.5 Å². The second kappa shape index (κ2) is 8.84. The number of aromatic amines is 1. The Morgan fingerprint density at radius 2 is 2.00 bits per heavy atom. The highest BCUT2D eigenvalue weighted by Gasteiger charge is 2.27. The molecule has 4 heterocycles. The molecule has 0 radical (unpaired) electrons. The topological polar surface area (TPSA) is 110 Å². The van der Waals surface area contributed by atoms with Gasteiger partial charge in [-0.2, -0.15) is 0 Å². The van der Waals surface area contributed by atoms with Crippen molar-refractivity contribution in [3.05, 3.63) is 56.9 Å². The van der Waals surface area contributed by atoms with Crippen LogP contribution in [0.1, 0.15) is 48.8 Å². The van der Waals surface area contributed by atoms with Crippen LogP contribution in [0.15, 0.2) is 29.2 Å². The maximum absolute atomic E-state index is 12.8. The van der Waals surface area contributed by atoms with Crippen LogP contribution in [-0.4, -0.2) is 56.0 Å². The molecular weight excluding hydrogens is 434 g/mol. The van der Waals surface area contributed by atoms with Crippen LogP contribution in [0.5, 0.6) is 5.88 Å². The number of hydrogen-bond donors (Lipinski definition) is 1. The third kappa shape index (κ3) is 4.58. The number of amides is 1. The first-order chi connectivity index (χ1) is 15.2. The number of nitrogens with one attached hydrogen (secondary N) is 1. The minimum absolute atomic E-state index is 0.00957. The highest BCUT2D eigenvalue weighted by atomic mass is 35.5. The summed E-state index contributed by atoms with van der Waals surface area (Å²) in [4.78, 5) is 42.3. The van der Waals surface area contributed by atoms with Gasteiger partial charge in [0.1, 0.15) is 17.6 Å². The van der Waals surface area contributed by atoms with Crippen LogP contribution in [0.2, 0.25) is 5.02 Å². The summed E-state index contributed by atoms with van der Waals surface area (Å²) >= 11 is 6.37. The normalized spacial score (nSPS) is 19.7. The van der Waals surface area contributed by atoms with Crippen LogP contribution in [0.25, 0.3) is 11.0 Å². The molecule has 10 heteroatoms. The van der Waals surface area contributed by atoms with Crippen LogP contribution < -0.4 is 10.3 Å². The molecule has 0 aliphatic carbocycles. The van der Waals surface area contributed by atoms with Crippen molar-refractivity contribution in [1.29, 1.82) is 0 Å². The number of fused-ring (bicyclic) bond motifs is 1. The number of carbonyl (C=O) groups is 1. The molecule has 1 fully saturated rings. The summed E-state index contributed by atoms with van der Waals surface area (Å²) in [6.45, 7) is 8.42. The van der Waals surface area contributed by atoms with Gasteiger partial charge in [-0.05, 0) is 39.8 Å². The highest BCUT2D eigenvalue weighted by molar-refractivity contribution is 6.31. The Labute approximate surface area is 189 Å². The Bertz CT molecular complexity index is 1200. The van der Waals surface area contributed by atoms with Gasteiger partial charge in [0.25, 0.3) is 11.5 Å². The van der Waals surface area contributed by atoms with Gasteiger partial charge in [0, 0.05) is 25.4 Å². The zero-order valence-electron chi connectivity index (χ0n) is 18.3. The molecule has 3 atom stereocenters. The van der Waals surface area contributed by atoms with Crippen LogP contribution in [-0.2, 0) is 4.74 Å². The number of H-pyrrole nitrogens is 1. The van der Waals surface area contributed by atoms with Crippen LogP contribution in [0.3, 0.4) is 0 Å². The monoisotopic (exact) mass is 457 g/mol. The molecule has 0 aromatic carbocycles. The second-order valence-corrected chi connectivity index (χ2v) is 8.39. The summed E-state index contributed by atoms with van der Waals surface area (Å²) in [6.07, 6.45) is 0.888. The number of pyridine rings is 2. The maximum Gasteiger partial charge on any atom is 0.277 e. The molecule has 1 saturated heterocycles. The van der Waals surface area contributed by atoms with Gasteiger partial charge in [0.15, 0.2) is 5.52 Å². The zero-order chi connectivity index (χ0) is 23.0. The Morgan fingerprint density at radius 3 is 2.66 bits per heavy atom. The SMILES string of the molecule is Cc1nc2cc(Cl)c([C@H](C)Oc3ccc(C(=O)N4C[C@@H](C)O[C@@H](C)C4)cn3)nc2c(=O)[nH]1. The van der Waals surface area contributed by atoms with E-state index in [1.807, 2.05) is 13.8 Å². The molecular formula is C22H24ClN5O4. The standard InChI is InChI=1S/C22H24ClN5O4/c1-11-9-28(10-12(2)31-11)22(30)15-5-6-18(24-8-15)32-13(3)19-16(23)7-17-20(27-19)21(29)26-14(4)25-17/h5-8,11-13H,9-10H2,1-4H3,(H,25,26,29)/t11-,12+,13-/m0/s1. The number of carbonyl (C=O) groups excluding carboxylic acids is 1. The number of nitrogens with zero attached hydrogens (tertiary/aromatic N) is 4. The average molecular weight is 458 g/mol. The van der Waals surface area contributed by atoms with E-state index in [2.05, 4.69) is 19.9 Å². The largest absolute Gasteiger partial charge is 0.468 e. The van der Waals surface area contributed by atoms with Crippen LogP contribution in [0.4, 0.5) is 0 Å². The average Bonchev–Trinajstić information content (AvgIpc) is 2.72. The summed E-state index contributed by atoms with van der Waals surface area (Å²) in [5.41, 5.74) is 1.13. The first-order valence-corrected chi connectivity index (χ1v) is 10.7. The second-order valence-electron chi connectivity index (χ2n) is 7.99. The maximum atomic E-state index is 12.8. The molecule has 0 saturated carbocycles. The summed E-state index contributed by atoms with van der Waals surface area (Å²) in [6, 6.07) is 4.90. The first kappa shape index (κ1) is 22.2. The Balaban J connectivity index is 1.50. The quantitative estimate of drug-likeness (QED) is 0.640. The molecule has 0 unspecified atom stereocenters. The third-order valence-electron chi connectivity index (χ3n) is 5.15. The molecule has 4 rings (SSSR count). The fourth-order valence-corrected chi connectivity index (χ4v) is 4.10. The summed E-state index contributed by atoms with van der Waals surface area (Å²) in [7, 11) is 0. The predicted octanol–water partition coefficient (Wildman–Crippen LogP) is 3.06. The van der Waals surface area contributed by atoms with E-state index >= 15 is 0 Å². The van der Waals surface area contributed by atoms with Gasteiger partial charge in [-0.1, -0.05) is 11.6 Å². The van der Waals surface area contributed by atoms with Crippen molar-refractivity contribution < 1.29 is 14.3 Å². The van der Waals surface area contributed by atoms with Gasteiger partial charge in [-0.3, -0.25) is 9.59 Å². The van der Waals surface area contributed by atoms with Crippen molar-refractivity contribution in [2.24, 2.45) is 0 Å². The molecule has 1 aliphatic rings. The summed E-state index contributed by atoms with van der Waals surface area (Å²) in [5, 5.41) is 0.338. The van der Waals surface area contributed by atoms with Crippen LogP contribution >= 0.6 is 11.6 Å². The molecule has 1 aliphatic heterocycles. The molecule has 3 aromatic rings. The molecule has 1 amide bonds. The van der Waals surface area contributed by atoms with Gasteiger partial charge in [-0.15, -0.1) is 0 Å². The van der Waals surface area contributed by atoms with Gasteiger partial charge < -0.3 is 19.4 Å². The van der Waals surface area contributed by atoms with E-state index in [9.17, 15) is 9.59 Å². The van der Waals surface area contributed by atoms with Crippen molar-refractivity contribution in [2.75, 3.05) is 13.1 Å². The summed E-state index contributed by atoms with van der Waals surface area (Å²) in [5.74, 6) is 0.698. The number of aryl methyl sites for hydroxylation is 1. The number of aromatic nitrogens is 4. The smallest absolute Gasteiger partial charge is 0.277 e. The van der Waals surface area contributed by atoms with Gasteiger partial charge in [-0.25, -0.2) is 15.0 Å². The first-order valence-electron chi connectivity index (χ1n) is 10.4. The molecule has 9 nitrogen and oxygen atoms in total. The van der Waals surface area contributed by atoms with Crippen molar-refractivity contribution in [1.82, 2.24) is 24.8 Å². The number of hydrogen-bond acceptors (Lipinski definition) is 7. The molecule has 0 spiro atoms. The molecule has 168 valence electrons. The lowest BCUT2D eigenvalue weighted by molar-refractivity contribution is -0.0586. The highest BCUT2D eigenvalue weighted by Crippen LogP contribution is 2.27. The van der Waals surface area contributed by atoms with Gasteiger partial charge in [0.05, 0.1) is 28.3 Å². The Hall–Kier alpha value is -3.04. The van der Waals surface area contributed by atoms with Gasteiger partial charge in [0.2, 0.25) is 5.88 Å². The van der Waals surface area contributed by atoms with E-state index in [1.54, 1.807) is 36.9 Å². The van der Waals surface area contributed by atoms with E-state index < -0.39 is 6.10 Å².